The van der Waals surface area contributed by atoms with E-state index in [2.05, 4.69) is 4.98 Å². The van der Waals surface area contributed by atoms with E-state index in [1.807, 2.05) is 0 Å². The fourth-order valence-electron chi connectivity index (χ4n) is 2.15. The van der Waals surface area contributed by atoms with Crippen molar-refractivity contribution in [2.75, 3.05) is 11.4 Å². The van der Waals surface area contributed by atoms with Crippen LogP contribution in [0.4, 0.5) is 19.2 Å². The fraction of sp³-hybridized carbons (Fsp3) is 0.333. The smallest absolute Gasteiger partial charge is 0.400 e. The van der Waals surface area contributed by atoms with Gasteiger partial charge in [0.15, 0.2) is 5.58 Å². The maximum absolute atomic E-state index is 12.6. The molecule has 1 aliphatic rings. The molecule has 0 N–H and O–H groups in total. The zero-order chi connectivity index (χ0) is 13.6. The highest BCUT2D eigenvalue weighted by Crippen LogP contribution is 2.36. The van der Waals surface area contributed by atoms with Gasteiger partial charge in [-0.05, 0) is 18.6 Å². The molecule has 4 nitrogen and oxygen atoms in total. The Morgan fingerprint density at radius 2 is 2.05 bits per heavy atom. The second kappa shape index (κ2) is 3.97. The summed E-state index contributed by atoms with van der Waals surface area (Å²) in [6.45, 7) is -0.0319. The monoisotopic (exact) mass is 270 g/mol. The van der Waals surface area contributed by atoms with Gasteiger partial charge in [-0.2, -0.15) is 18.2 Å². The van der Waals surface area contributed by atoms with Gasteiger partial charge in [0.2, 0.25) is 5.91 Å². The molecule has 1 aliphatic heterocycles. The number of rotatable bonds is 1. The van der Waals surface area contributed by atoms with Gasteiger partial charge in [0.1, 0.15) is 11.4 Å². The van der Waals surface area contributed by atoms with Crippen LogP contribution in [-0.2, 0) is 4.79 Å². The number of alkyl halides is 3. The van der Waals surface area contributed by atoms with Crippen LogP contribution >= 0.6 is 0 Å². The molecular formula is C12H9F3N2O2. The van der Waals surface area contributed by atoms with E-state index in [0.717, 1.165) is 4.90 Å². The molecule has 1 unspecified atom stereocenters. The SMILES string of the molecule is O=C1C(C(F)(F)F)CCN1c1nc2ccccc2o1. The first-order chi connectivity index (χ1) is 8.97. The number of aromatic nitrogens is 1. The predicted molar refractivity (Wildman–Crippen MR) is 60.5 cm³/mol. The van der Waals surface area contributed by atoms with Crippen LogP contribution < -0.4 is 4.90 Å². The van der Waals surface area contributed by atoms with E-state index in [-0.39, 0.29) is 19.0 Å². The van der Waals surface area contributed by atoms with Crippen LogP contribution in [-0.4, -0.2) is 23.6 Å². The number of fused-ring (bicyclic) bond motifs is 1. The number of para-hydroxylation sites is 2. The van der Waals surface area contributed by atoms with Gasteiger partial charge in [-0.15, -0.1) is 0 Å². The largest absolute Gasteiger partial charge is 0.423 e. The number of halogens is 3. The highest BCUT2D eigenvalue weighted by Gasteiger charge is 2.51. The molecule has 0 bridgehead atoms. The van der Waals surface area contributed by atoms with E-state index in [1.165, 1.54) is 0 Å². The molecule has 1 saturated heterocycles. The Hall–Kier alpha value is -2.05. The van der Waals surface area contributed by atoms with Crippen molar-refractivity contribution in [3.63, 3.8) is 0 Å². The second-order valence-electron chi connectivity index (χ2n) is 4.34. The molecule has 100 valence electrons. The van der Waals surface area contributed by atoms with E-state index in [1.54, 1.807) is 24.3 Å². The number of benzene rings is 1. The molecule has 0 spiro atoms. The summed E-state index contributed by atoms with van der Waals surface area (Å²) >= 11 is 0. The molecule has 2 heterocycles. The molecule has 0 saturated carbocycles. The minimum Gasteiger partial charge on any atom is -0.423 e. The van der Waals surface area contributed by atoms with Gasteiger partial charge in [0, 0.05) is 6.54 Å². The van der Waals surface area contributed by atoms with Gasteiger partial charge in [-0.25, -0.2) is 0 Å². The lowest BCUT2D eigenvalue weighted by Crippen LogP contribution is -2.33. The van der Waals surface area contributed by atoms with Crippen molar-refractivity contribution < 1.29 is 22.4 Å². The Morgan fingerprint density at radius 1 is 1.32 bits per heavy atom. The molecule has 7 heteroatoms. The third-order valence-electron chi connectivity index (χ3n) is 3.11. The third kappa shape index (κ3) is 1.94. The molecule has 1 amide bonds. The van der Waals surface area contributed by atoms with Crippen molar-refractivity contribution in [3.8, 4) is 0 Å². The molecule has 1 atom stereocenters. The van der Waals surface area contributed by atoms with E-state index >= 15 is 0 Å². The van der Waals surface area contributed by atoms with Crippen LogP contribution in [0.15, 0.2) is 28.7 Å². The van der Waals surface area contributed by atoms with Crippen molar-refractivity contribution in [1.82, 2.24) is 4.98 Å². The summed E-state index contributed by atoms with van der Waals surface area (Å²) in [6, 6.07) is 6.70. The summed E-state index contributed by atoms with van der Waals surface area (Å²) in [7, 11) is 0. The number of anilines is 1. The summed E-state index contributed by atoms with van der Waals surface area (Å²) < 4.78 is 43.1. The average molecular weight is 270 g/mol. The van der Waals surface area contributed by atoms with Gasteiger partial charge in [-0.1, -0.05) is 12.1 Å². The maximum Gasteiger partial charge on any atom is 0.400 e. The Balaban J connectivity index is 1.93. The molecular weight excluding hydrogens is 261 g/mol. The zero-order valence-electron chi connectivity index (χ0n) is 9.65. The van der Waals surface area contributed by atoms with Crippen LogP contribution in [0.2, 0.25) is 0 Å². The van der Waals surface area contributed by atoms with Gasteiger partial charge in [0.05, 0.1) is 0 Å². The van der Waals surface area contributed by atoms with Gasteiger partial charge in [-0.3, -0.25) is 9.69 Å². The summed E-state index contributed by atoms with van der Waals surface area (Å²) in [4.78, 5) is 16.7. The lowest BCUT2D eigenvalue weighted by atomic mass is 10.1. The second-order valence-corrected chi connectivity index (χ2v) is 4.34. The lowest BCUT2D eigenvalue weighted by Gasteiger charge is -2.14. The summed E-state index contributed by atoms with van der Waals surface area (Å²) in [5.41, 5.74) is 0.960. The number of oxazole rings is 1. The average Bonchev–Trinajstić information content (AvgIpc) is 2.90. The van der Waals surface area contributed by atoms with Crippen molar-refractivity contribution in [1.29, 1.82) is 0 Å². The van der Waals surface area contributed by atoms with Crippen LogP contribution in [0, 0.1) is 5.92 Å². The standard InChI is InChI=1S/C12H9F3N2O2/c13-12(14,15)7-5-6-17(10(7)18)11-16-8-3-1-2-4-9(8)19-11/h1-4,7H,5-6H2. The molecule has 1 fully saturated rings. The van der Waals surface area contributed by atoms with Gasteiger partial charge < -0.3 is 4.42 Å². The number of carbonyl (C=O) groups excluding carboxylic acids is 1. The topological polar surface area (TPSA) is 46.3 Å². The number of amides is 1. The Morgan fingerprint density at radius 3 is 2.68 bits per heavy atom. The first-order valence-electron chi connectivity index (χ1n) is 5.70. The highest BCUT2D eigenvalue weighted by atomic mass is 19.4. The highest BCUT2D eigenvalue weighted by molar-refractivity contribution is 5.96. The van der Waals surface area contributed by atoms with Crippen LogP contribution in [0.25, 0.3) is 11.1 Å². The van der Waals surface area contributed by atoms with Crippen LogP contribution in [0.5, 0.6) is 0 Å². The number of nitrogens with zero attached hydrogens (tertiary/aromatic N) is 2. The minimum atomic E-state index is -4.52. The Labute approximate surface area is 105 Å². The molecule has 1 aromatic carbocycles. The first-order valence-corrected chi connectivity index (χ1v) is 5.70. The molecule has 0 radical (unpaired) electrons. The quantitative estimate of drug-likeness (QED) is 0.800. The van der Waals surface area contributed by atoms with Gasteiger partial charge >= 0.3 is 12.2 Å². The van der Waals surface area contributed by atoms with E-state index in [9.17, 15) is 18.0 Å². The fourth-order valence-corrected chi connectivity index (χ4v) is 2.15. The molecule has 2 aromatic rings. The summed E-state index contributed by atoms with van der Waals surface area (Å²) in [5.74, 6) is -2.96. The van der Waals surface area contributed by atoms with Crippen molar-refractivity contribution in [3.05, 3.63) is 24.3 Å². The van der Waals surface area contributed by atoms with E-state index in [4.69, 9.17) is 4.42 Å². The predicted octanol–water partition coefficient (Wildman–Crippen LogP) is 2.74. The minimum absolute atomic E-state index is 0.0319. The molecule has 1 aromatic heterocycles. The molecule has 0 aliphatic carbocycles. The normalized spacial score (nSPS) is 20.5. The summed E-state index contributed by atoms with van der Waals surface area (Å²) in [6.07, 6.45) is -4.78. The number of carbonyl (C=O) groups is 1. The van der Waals surface area contributed by atoms with E-state index < -0.39 is 18.0 Å². The molecule has 19 heavy (non-hydrogen) atoms. The van der Waals surface area contributed by atoms with E-state index in [0.29, 0.717) is 11.1 Å². The van der Waals surface area contributed by atoms with Crippen molar-refractivity contribution in [2.45, 2.75) is 12.6 Å². The van der Waals surface area contributed by atoms with Gasteiger partial charge in [0.25, 0.3) is 0 Å². The summed E-state index contributed by atoms with van der Waals surface area (Å²) in [5, 5.41) is 0. The Kier molecular flexibility index (Phi) is 2.51. The maximum atomic E-state index is 12.6. The Bertz CT molecular complexity index is 602. The lowest BCUT2D eigenvalue weighted by molar-refractivity contribution is -0.177. The zero-order valence-corrected chi connectivity index (χ0v) is 9.65. The van der Waals surface area contributed by atoms with Crippen LogP contribution in [0.3, 0.4) is 0 Å². The molecule has 3 rings (SSSR count). The number of hydrogen-bond acceptors (Lipinski definition) is 3. The van der Waals surface area contributed by atoms with Crippen molar-refractivity contribution in [2.24, 2.45) is 5.92 Å². The van der Waals surface area contributed by atoms with Crippen molar-refractivity contribution >= 4 is 23.0 Å². The third-order valence-corrected chi connectivity index (χ3v) is 3.11. The van der Waals surface area contributed by atoms with Crippen LogP contribution in [0.1, 0.15) is 6.42 Å². The number of hydrogen-bond donors (Lipinski definition) is 0. The first kappa shape index (κ1) is 12.0.